The van der Waals surface area contributed by atoms with Crippen LogP contribution in [0.25, 0.3) is 0 Å². The lowest BCUT2D eigenvalue weighted by molar-refractivity contribution is -0.150. The van der Waals surface area contributed by atoms with Crippen LogP contribution in [0.5, 0.6) is 0 Å². The number of primary amides is 2. The average Bonchev–Trinajstić information content (AvgIpc) is 2.33. The van der Waals surface area contributed by atoms with E-state index < -0.39 is 42.4 Å². The first-order valence-corrected chi connectivity index (χ1v) is 6.28. The molecule has 5 N–H and O–H groups in total. The molecule has 0 aromatic carbocycles. The molecule has 120 valence electrons. The molecule has 1 fully saturated rings. The Bertz CT molecular complexity index is 405. The SMILES string of the molecule is NC(=O)C(NC(=O)C1CCN(CC(F)(F)F)CC1)C(N)=O. The minimum Gasteiger partial charge on any atom is -0.367 e. The van der Waals surface area contributed by atoms with E-state index in [1.54, 1.807) is 0 Å². The van der Waals surface area contributed by atoms with Crippen LogP contribution in [0.1, 0.15) is 12.8 Å². The predicted octanol–water partition coefficient (Wildman–Crippen LogP) is -1.28. The van der Waals surface area contributed by atoms with E-state index in [0.29, 0.717) is 0 Å². The second kappa shape index (κ2) is 6.74. The van der Waals surface area contributed by atoms with Gasteiger partial charge in [0.1, 0.15) is 0 Å². The van der Waals surface area contributed by atoms with Crippen LogP contribution in [-0.4, -0.2) is 54.5 Å². The maximum absolute atomic E-state index is 12.2. The third-order valence-corrected chi connectivity index (χ3v) is 3.22. The smallest absolute Gasteiger partial charge is 0.367 e. The highest BCUT2D eigenvalue weighted by atomic mass is 19.4. The number of nitrogens with zero attached hydrogens (tertiary/aromatic N) is 1. The zero-order chi connectivity index (χ0) is 16.2. The van der Waals surface area contributed by atoms with Gasteiger partial charge >= 0.3 is 6.18 Å². The Morgan fingerprint density at radius 3 is 2.00 bits per heavy atom. The molecule has 1 aliphatic heterocycles. The van der Waals surface area contributed by atoms with Crippen LogP contribution in [-0.2, 0) is 14.4 Å². The van der Waals surface area contributed by atoms with Crippen molar-refractivity contribution in [2.45, 2.75) is 25.1 Å². The van der Waals surface area contributed by atoms with Crippen LogP contribution in [0.2, 0.25) is 0 Å². The average molecular weight is 310 g/mol. The van der Waals surface area contributed by atoms with Crippen molar-refractivity contribution in [3.8, 4) is 0 Å². The number of piperidine rings is 1. The number of halogens is 3. The van der Waals surface area contributed by atoms with E-state index in [9.17, 15) is 27.6 Å². The van der Waals surface area contributed by atoms with E-state index in [-0.39, 0.29) is 25.9 Å². The summed E-state index contributed by atoms with van der Waals surface area (Å²) >= 11 is 0. The number of amides is 3. The Morgan fingerprint density at radius 1 is 1.14 bits per heavy atom. The molecule has 1 saturated heterocycles. The summed E-state index contributed by atoms with van der Waals surface area (Å²) in [6, 6.07) is -1.61. The second-order valence-electron chi connectivity index (χ2n) is 4.91. The number of carbonyl (C=O) groups excluding carboxylic acids is 3. The molecule has 0 radical (unpaired) electrons. The molecule has 10 heteroatoms. The summed E-state index contributed by atoms with van der Waals surface area (Å²) in [5.41, 5.74) is 9.84. The highest BCUT2D eigenvalue weighted by molar-refractivity contribution is 6.05. The van der Waals surface area contributed by atoms with Crippen molar-refractivity contribution in [3.05, 3.63) is 0 Å². The first-order valence-electron chi connectivity index (χ1n) is 6.28. The van der Waals surface area contributed by atoms with Gasteiger partial charge in [-0.05, 0) is 25.9 Å². The van der Waals surface area contributed by atoms with Crippen molar-refractivity contribution in [1.29, 1.82) is 0 Å². The normalized spacial score (nSPS) is 17.7. The molecule has 1 heterocycles. The molecule has 0 unspecified atom stereocenters. The fraction of sp³-hybridized carbons (Fsp3) is 0.727. The van der Waals surface area contributed by atoms with Crippen LogP contribution in [0.3, 0.4) is 0 Å². The van der Waals surface area contributed by atoms with Gasteiger partial charge in [0.15, 0.2) is 6.04 Å². The maximum Gasteiger partial charge on any atom is 0.401 e. The molecular formula is C11H17F3N4O3. The van der Waals surface area contributed by atoms with Crippen LogP contribution in [0, 0.1) is 5.92 Å². The summed E-state index contributed by atoms with van der Waals surface area (Å²) < 4.78 is 36.7. The van der Waals surface area contributed by atoms with Crippen LogP contribution in [0.15, 0.2) is 0 Å². The van der Waals surface area contributed by atoms with Gasteiger partial charge in [-0.3, -0.25) is 19.3 Å². The zero-order valence-electron chi connectivity index (χ0n) is 11.2. The molecule has 0 spiro atoms. The predicted molar refractivity (Wildman–Crippen MR) is 65.5 cm³/mol. The van der Waals surface area contributed by atoms with Crippen molar-refractivity contribution in [2.75, 3.05) is 19.6 Å². The van der Waals surface area contributed by atoms with Crippen LogP contribution in [0.4, 0.5) is 13.2 Å². The molecule has 0 aromatic heterocycles. The highest BCUT2D eigenvalue weighted by Gasteiger charge is 2.35. The fourth-order valence-electron chi connectivity index (χ4n) is 2.15. The molecule has 0 aliphatic carbocycles. The molecule has 3 amide bonds. The lowest BCUT2D eigenvalue weighted by Gasteiger charge is -2.32. The van der Waals surface area contributed by atoms with Gasteiger partial charge in [0.2, 0.25) is 17.7 Å². The van der Waals surface area contributed by atoms with E-state index in [4.69, 9.17) is 11.5 Å². The first-order chi connectivity index (χ1) is 9.60. The van der Waals surface area contributed by atoms with E-state index >= 15 is 0 Å². The Labute approximate surface area is 118 Å². The maximum atomic E-state index is 12.2. The summed E-state index contributed by atoms with van der Waals surface area (Å²) in [5.74, 6) is -3.34. The van der Waals surface area contributed by atoms with Crippen LogP contribution >= 0.6 is 0 Å². The monoisotopic (exact) mass is 310 g/mol. The number of rotatable bonds is 5. The van der Waals surface area contributed by atoms with E-state index in [1.165, 1.54) is 4.90 Å². The topological polar surface area (TPSA) is 119 Å². The van der Waals surface area contributed by atoms with Gasteiger partial charge in [-0.1, -0.05) is 0 Å². The van der Waals surface area contributed by atoms with Gasteiger partial charge in [0, 0.05) is 5.92 Å². The molecule has 21 heavy (non-hydrogen) atoms. The largest absolute Gasteiger partial charge is 0.401 e. The van der Waals surface area contributed by atoms with Gasteiger partial charge < -0.3 is 16.8 Å². The van der Waals surface area contributed by atoms with Gasteiger partial charge in [-0.25, -0.2) is 0 Å². The summed E-state index contributed by atoms with van der Waals surface area (Å²) in [5, 5.41) is 2.12. The number of likely N-dealkylation sites (tertiary alicyclic amines) is 1. The number of alkyl halides is 3. The van der Waals surface area contributed by atoms with Crippen molar-refractivity contribution in [2.24, 2.45) is 17.4 Å². The number of nitrogens with one attached hydrogen (secondary N) is 1. The van der Waals surface area contributed by atoms with E-state index in [2.05, 4.69) is 5.32 Å². The minimum atomic E-state index is -4.28. The molecule has 0 atom stereocenters. The zero-order valence-corrected chi connectivity index (χ0v) is 11.2. The second-order valence-corrected chi connectivity index (χ2v) is 4.91. The third-order valence-electron chi connectivity index (χ3n) is 3.22. The third kappa shape index (κ3) is 5.58. The summed E-state index contributed by atoms with van der Waals surface area (Å²) in [7, 11) is 0. The van der Waals surface area contributed by atoms with E-state index in [0.717, 1.165) is 0 Å². The number of hydrogen-bond acceptors (Lipinski definition) is 4. The molecule has 1 aliphatic rings. The number of nitrogens with two attached hydrogens (primary N) is 2. The number of carbonyl (C=O) groups is 3. The van der Waals surface area contributed by atoms with Crippen molar-refractivity contribution < 1.29 is 27.6 Å². The lowest BCUT2D eigenvalue weighted by Crippen LogP contribution is -2.54. The lowest BCUT2D eigenvalue weighted by atomic mass is 9.95. The van der Waals surface area contributed by atoms with Gasteiger partial charge in [0.25, 0.3) is 0 Å². The Kier molecular flexibility index (Phi) is 5.53. The van der Waals surface area contributed by atoms with Crippen molar-refractivity contribution in [3.63, 3.8) is 0 Å². The summed E-state index contributed by atoms with van der Waals surface area (Å²) in [4.78, 5) is 34.9. The van der Waals surface area contributed by atoms with Gasteiger partial charge in [-0.15, -0.1) is 0 Å². The molecule has 7 nitrogen and oxygen atoms in total. The minimum absolute atomic E-state index is 0.107. The van der Waals surface area contributed by atoms with Crippen LogP contribution < -0.4 is 16.8 Å². The molecule has 0 bridgehead atoms. The molecular weight excluding hydrogens is 293 g/mol. The Balaban J connectivity index is 2.48. The molecule has 1 rings (SSSR count). The highest BCUT2D eigenvalue weighted by Crippen LogP contribution is 2.22. The summed E-state index contributed by atoms with van der Waals surface area (Å²) in [6.07, 6.45) is -3.88. The van der Waals surface area contributed by atoms with Gasteiger partial charge in [-0.2, -0.15) is 13.2 Å². The Morgan fingerprint density at radius 2 is 1.62 bits per heavy atom. The van der Waals surface area contributed by atoms with Crippen molar-refractivity contribution in [1.82, 2.24) is 10.2 Å². The Hall–Kier alpha value is -1.84. The summed E-state index contributed by atoms with van der Waals surface area (Å²) in [6.45, 7) is -0.808. The molecule has 0 saturated carbocycles. The quantitative estimate of drug-likeness (QED) is 0.548. The van der Waals surface area contributed by atoms with E-state index in [1.807, 2.05) is 0 Å². The molecule has 0 aromatic rings. The van der Waals surface area contributed by atoms with Gasteiger partial charge in [0.05, 0.1) is 6.54 Å². The van der Waals surface area contributed by atoms with Crippen molar-refractivity contribution >= 4 is 17.7 Å². The number of hydrogen-bond donors (Lipinski definition) is 3. The standard InChI is InChI=1S/C11H17F3N4O3/c12-11(13,14)5-18-3-1-6(2-4-18)10(21)17-7(8(15)19)9(16)20/h6-7H,1-5H2,(H2,15,19)(H2,16,20)(H,17,21). The first kappa shape index (κ1) is 17.2. The fourth-order valence-corrected chi connectivity index (χ4v) is 2.15.